The van der Waals surface area contributed by atoms with Crippen LogP contribution in [0, 0.1) is 0 Å². The number of alkyl halides is 3. The Balaban J connectivity index is 2.72. The molecule has 0 amide bonds. The Kier molecular flexibility index (Phi) is 12.5. The number of carbonyl (C=O) groups is 2. The number of benzene rings is 1. The fourth-order valence-corrected chi connectivity index (χ4v) is 4.72. The number of rotatable bonds is 14. The van der Waals surface area contributed by atoms with E-state index in [1.165, 1.54) is 18.2 Å². The van der Waals surface area contributed by atoms with Gasteiger partial charge in [0.1, 0.15) is 0 Å². The average molecular weight is 557 g/mol. The van der Waals surface area contributed by atoms with Crippen LogP contribution in [0.3, 0.4) is 0 Å². The molecule has 0 atom stereocenters. The minimum absolute atomic E-state index is 0.0164. The van der Waals surface area contributed by atoms with Gasteiger partial charge >= 0.3 is 18.1 Å². The summed E-state index contributed by atoms with van der Waals surface area (Å²) in [7, 11) is 3.21. The molecule has 0 unspecified atom stereocenters. The summed E-state index contributed by atoms with van der Waals surface area (Å²) in [5.74, 6) is -2.89. The number of hydrogen-bond donors (Lipinski definition) is 0. The van der Waals surface area contributed by atoms with Crippen molar-refractivity contribution in [1.82, 2.24) is 9.80 Å². The fourth-order valence-electron chi connectivity index (χ4n) is 4.72. The Morgan fingerprint density at radius 2 is 1.36 bits per heavy atom. The van der Waals surface area contributed by atoms with Crippen molar-refractivity contribution in [3.8, 4) is 0 Å². The first-order chi connectivity index (χ1) is 18.5. The van der Waals surface area contributed by atoms with Gasteiger partial charge in [-0.15, -0.1) is 0 Å². The Morgan fingerprint density at radius 3 is 1.79 bits per heavy atom. The first-order valence-corrected chi connectivity index (χ1v) is 12.9. The summed E-state index contributed by atoms with van der Waals surface area (Å²) in [6.07, 6.45) is -4.71. The molecule has 39 heavy (non-hydrogen) atoms. The molecule has 218 valence electrons. The average Bonchev–Trinajstić information content (AvgIpc) is 2.88. The van der Waals surface area contributed by atoms with Gasteiger partial charge < -0.3 is 23.8 Å². The van der Waals surface area contributed by atoms with Crippen molar-refractivity contribution in [1.29, 1.82) is 0 Å². The Hall–Kier alpha value is -2.89. The van der Waals surface area contributed by atoms with Crippen LogP contribution in [0.5, 0.6) is 0 Å². The molecule has 1 heterocycles. The van der Waals surface area contributed by atoms with E-state index >= 15 is 0 Å². The van der Waals surface area contributed by atoms with Gasteiger partial charge in [0.25, 0.3) is 0 Å². The molecule has 0 N–H and O–H groups in total. The first kappa shape index (κ1) is 32.3. The molecule has 0 spiro atoms. The van der Waals surface area contributed by atoms with Gasteiger partial charge in [-0.2, -0.15) is 13.2 Å². The van der Waals surface area contributed by atoms with Crippen molar-refractivity contribution in [2.24, 2.45) is 0 Å². The van der Waals surface area contributed by atoms with Crippen LogP contribution in [-0.2, 0) is 34.7 Å². The fraction of sp³-hybridized carbons (Fsp3) is 0.571. The van der Waals surface area contributed by atoms with Crippen molar-refractivity contribution < 1.29 is 41.7 Å². The number of halogens is 3. The second-order valence-corrected chi connectivity index (χ2v) is 8.94. The van der Waals surface area contributed by atoms with Gasteiger partial charge in [-0.05, 0) is 39.3 Å². The standard InChI is InChI=1S/C28H39F3N2O6/c1-7-38-26(34)23-19(3)33(14-13-32(15-17-36-5)16-18-37-6)20(4)24(27(35)39-8-2)25(23)21-11-9-10-12-22(21)28(29,30)31/h9-12,25H,7-8,13-18H2,1-6H3. The molecule has 2 rings (SSSR count). The summed E-state index contributed by atoms with van der Waals surface area (Å²) in [5.41, 5.74) is -0.363. The Labute approximate surface area is 228 Å². The number of allylic oxidation sites excluding steroid dienone is 2. The van der Waals surface area contributed by atoms with Crippen LogP contribution in [-0.4, -0.2) is 88.6 Å². The quantitative estimate of drug-likeness (QED) is 0.313. The summed E-state index contributed by atoms with van der Waals surface area (Å²) in [6.45, 7) is 9.68. The highest BCUT2D eigenvalue weighted by molar-refractivity contribution is 6.00. The molecule has 1 aromatic carbocycles. The van der Waals surface area contributed by atoms with Gasteiger partial charge in [-0.3, -0.25) is 4.90 Å². The van der Waals surface area contributed by atoms with Gasteiger partial charge in [0.15, 0.2) is 0 Å². The van der Waals surface area contributed by atoms with E-state index in [-0.39, 0.29) is 29.9 Å². The van der Waals surface area contributed by atoms with Crippen molar-refractivity contribution >= 4 is 11.9 Å². The number of carbonyl (C=O) groups excluding carboxylic acids is 2. The zero-order chi connectivity index (χ0) is 29.2. The normalized spacial score (nSPS) is 14.9. The van der Waals surface area contributed by atoms with E-state index in [4.69, 9.17) is 18.9 Å². The number of hydrogen-bond acceptors (Lipinski definition) is 8. The maximum atomic E-state index is 14.1. The molecular formula is C28H39F3N2O6. The molecular weight excluding hydrogens is 517 g/mol. The molecule has 1 aromatic rings. The lowest BCUT2D eigenvalue weighted by Gasteiger charge is -2.39. The molecule has 0 radical (unpaired) electrons. The molecule has 0 bridgehead atoms. The molecule has 1 aliphatic rings. The maximum absolute atomic E-state index is 14.1. The van der Waals surface area contributed by atoms with Gasteiger partial charge in [-0.1, -0.05) is 18.2 Å². The van der Waals surface area contributed by atoms with Crippen molar-refractivity contribution in [3.05, 3.63) is 57.9 Å². The molecule has 0 fully saturated rings. The predicted octanol–water partition coefficient (Wildman–Crippen LogP) is 4.37. The molecule has 0 saturated heterocycles. The zero-order valence-corrected chi connectivity index (χ0v) is 23.5. The van der Waals surface area contributed by atoms with Crippen LogP contribution in [0.1, 0.15) is 44.7 Å². The third kappa shape index (κ3) is 8.06. The van der Waals surface area contributed by atoms with Crippen molar-refractivity contribution in [2.75, 3.05) is 66.8 Å². The number of ether oxygens (including phenoxy) is 4. The second-order valence-electron chi connectivity index (χ2n) is 8.94. The largest absolute Gasteiger partial charge is 0.463 e. The van der Waals surface area contributed by atoms with Gasteiger partial charge in [-0.25, -0.2) is 9.59 Å². The molecule has 8 nitrogen and oxygen atoms in total. The molecule has 11 heteroatoms. The molecule has 0 aliphatic carbocycles. The van der Waals surface area contributed by atoms with Crippen LogP contribution in [0.4, 0.5) is 13.2 Å². The number of methoxy groups -OCH3 is 2. The lowest BCUT2D eigenvalue weighted by molar-refractivity contribution is -0.142. The van der Waals surface area contributed by atoms with Crippen LogP contribution in [0.25, 0.3) is 0 Å². The van der Waals surface area contributed by atoms with E-state index in [2.05, 4.69) is 4.90 Å². The van der Waals surface area contributed by atoms with E-state index in [9.17, 15) is 22.8 Å². The summed E-state index contributed by atoms with van der Waals surface area (Å²) in [6, 6.07) is 4.97. The maximum Gasteiger partial charge on any atom is 0.416 e. The second kappa shape index (κ2) is 15.0. The number of esters is 2. The zero-order valence-electron chi connectivity index (χ0n) is 23.5. The van der Waals surface area contributed by atoms with Crippen LogP contribution in [0.15, 0.2) is 46.8 Å². The van der Waals surface area contributed by atoms with Crippen molar-refractivity contribution in [2.45, 2.75) is 39.8 Å². The molecule has 1 aliphatic heterocycles. The van der Waals surface area contributed by atoms with E-state index in [1.807, 2.05) is 0 Å². The minimum atomic E-state index is -4.71. The summed E-state index contributed by atoms with van der Waals surface area (Å²) in [5, 5.41) is 0. The highest BCUT2D eigenvalue weighted by Gasteiger charge is 2.44. The molecule has 0 saturated carbocycles. The molecule has 0 aromatic heterocycles. The minimum Gasteiger partial charge on any atom is -0.463 e. The van der Waals surface area contributed by atoms with Crippen LogP contribution >= 0.6 is 0 Å². The highest BCUT2D eigenvalue weighted by Crippen LogP contribution is 2.46. The van der Waals surface area contributed by atoms with Crippen molar-refractivity contribution in [3.63, 3.8) is 0 Å². The Morgan fingerprint density at radius 1 is 0.872 bits per heavy atom. The summed E-state index contributed by atoms with van der Waals surface area (Å²) >= 11 is 0. The Bertz CT molecular complexity index is 1000. The van der Waals surface area contributed by atoms with Crippen LogP contribution in [0.2, 0.25) is 0 Å². The number of nitrogens with zero attached hydrogens (tertiary/aromatic N) is 2. The van der Waals surface area contributed by atoms with Crippen LogP contribution < -0.4 is 0 Å². The summed E-state index contributed by atoms with van der Waals surface area (Å²) < 4.78 is 63.5. The van der Waals surface area contributed by atoms with Gasteiger partial charge in [0.05, 0.1) is 49.1 Å². The van der Waals surface area contributed by atoms with E-state index < -0.39 is 29.6 Å². The third-order valence-corrected chi connectivity index (χ3v) is 6.60. The third-order valence-electron chi connectivity index (χ3n) is 6.60. The lowest BCUT2D eigenvalue weighted by atomic mass is 9.78. The topological polar surface area (TPSA) is 77.5 Å². The van der Waals surface area contributed by atoms with Gasteiger partial charge in [0, 0.05) is 51.8 Å². The monoisotopic (exact) mass is 556 g/mol. The summed E-state index contributed by atoms with van der Waals surface area (Å²) in [4.78, 5) is 30.6. The smallest absolute Gasteiger partial charge is 0.416 e. The predicted molar refractivity (Wildman–Crippen MR) is 140 cm³/mol. The first-order valence-electron chi connectivity index (χ1n) is 12.9. The van der Waals surface area contributed by atoms with E-state index in [0.29, 0.717) is 50.8 Å². The highest BCUT2D eigenvalue weighted by atomic mass is 19.4. The van der Waals surface area contributed by atoms with E-state index in [1.54, 1.807) is 46.8 Å². The van der Waals surface area contributed by atoms with Gasteiger partial charge in [0.2, 0.25) is 0 Å². The lowest BCUT2D eigenvalue weighted by Crippen LogP contribution is -2.41. The SMILES string of the molecule is CCOC(=O)C1=C(C)N(CCN(CCOC)CCOC)C(C)=C(C(=O)OCC)C1c1ccccc1C(F)(F)F. The van der Waals surface area contributed by atoms with E-state index in [0.717, 1.165) is 6.07 Å².